The summed E-state index contributed by atoms with van der Waals surface area (Å²) < 4.78 is 35.8. The second-order valence-corrected chi connectivity index (χ2v) is 7.11. The van der Waals surface area contributed by atoms with E-state index in [0.29, 0.717) is 0 Å². The third-order valence-electron chi connectivity index (χ3n) is 3.50. The van der Waals surface area contributed by atoms with Gasteiger partial charge in [-0.15, -0.1) is 0 Å². The summed E-state index contributed by atoms with van der Waals surface area (Å²) in [7, 11) is -3.97. The van der Waals surface area contributed by atoms with E-state index in [1.54, 1.807) is 37.3 Å². The highest BCUT2D eigenvalue weighted by Gasteiger charge is 2.39. The van der Waals surface area contributed by atoms with E-state index >= 15 is 0 Å². The first-order valence-corrected chi connectivity index (χ1v) is 8.93. The number of hydrogen-bond donors (Lipinski definition) is 0. The molecule has 1 heterocycles. The molecule has 0 amide bonds. The lowest BCUT2D eigenvalue weighted by atomic mass is 9.99. The maximum Gasteiger partial charge on any atom is 0.306 e. The lowest BCUT2D eigenvalue weighted by molar-refractivity contribution is -0.143. The number of rotatable bonds is 7. The Hall–Kier alpha value is -2.59. The molecule has 0 aliphatic heterocycles. The highest BCUT2D eigenvalue weighted by atomic mass is 32.2. The van der Waals surface area contributed by atoms with Crippen molar-refractivity contribution in [3.8, 4) is 6.07 Å². The molecule has 6 nitrogen and oxygen atoms in total. The summed E-state index contributed by atoms with van der Waals surface area (Å²) in [6.07, 6.45) is 1.11. The topological polar surface area (TPSA) is 97.4 Å². The Kier molecular flexibility index (Phi) is 5.77. The van der Waals surface area contributed by atoms with E-state index in [9.17, 15) is 18.5 Å². The number of esters is 1. The van der Waals surface area contributed by atoms with Crippen molar-refractivity contribution in [2.24, 2.45) is 0 Å². The van der Waals surface area contributed by atoms with Crippen LogP contribution in [0, 0.1) is 11.3 Å². The normalized spacial score (nSPS) is 13.7. The smallest absolute Gasteiger partial charge is 0.306 e. The summed E-state index contributed by atoms with van der Waals surface area (Å²) in [4.78, 5) is 11.9. The van der Waals surface area contributed by atoms with Crippen molar-refractivity contribution in [1.29, 1.82) is 5.26 Å². The number of nitrogens with zero attached hydrogens (tertiary/aromatic N) is 1. The Morgan fingerprint density at radius 1 is 1.25 bits per heavy atom. The summed E-state index contributed by atoms with van der Waals surface area (Å²) in [5.41, 5.74) is 0. The third-order valence-corrected chi connectivity index (χ3v) is 5.53. The molecule has 0 radical (unpaired) electrons. The number of carbonyl (C=O) groups excluding carboxylic acids is 1. The minimum atomic E-state index is -3.97. The predicted molar refractivity (Wildman–Crippen MR) is 85.7 cm³/mol. The van der Waals surface area contributed by atoms with Crippen LogP contribution >= 0.6 is 0 Å². The molecule has 2 atom stereocenters. The molecule has 1 aromatic heterocycles. The fourth-order valence-electron chi connectivity index (χ4n) is 2.39. The van der Waals surface area contributed by atoms with Gasteiger partial charge in [0.15, 0.2) is 15.1 Å². The minimum absolute atomic E-state index is 0.0250. The van der Waals surface area contributed by atoms with E-state index in [1.807, 2.05) is 6.07 Å². The van der Waals surface area contributed by atoms with E-state index in [0.717, 1.165) is 0 Å². The standard InChI is InChI=1S/C17H17NO5S/c1-2-22-17(19)11-14(15-9-6-10-23-15)16(12-18)24(20,21)13-7-4-3-5-8-13/h3-10,14,16H,2,11H2,1H3/t14-,16-/m0/s1. The first-order chi connectivity index (χ1) is 11.5. The van der Waals surface area contributed by atoms with Crippen LogP contribution in [0.5, 0.6) is 0 Å². The maximum absolute atomic E-state index is 12.8. The van der Waals surface area contributed by atoms with Crippen molar-refractivity contribution >= 4 is 15.8 Å². The average molecular weight is 347 g/mol. The van der Waals surface area contributed by atoms with Gasteiger partial charge in [0.1, 0.15) is 5.76 Å². The molecule has 2 rings (SSSR count). The Balaban J connectivity index is 2.43. The third kappa shape index (κ3) is 3.84. The molecule has 126 valence electrons. The molecule has 0 N–H and O–H groups in total. The van der Waals surface area contributed by atoms with E-state index in [1.165, 1.54) is 18.4 Å². The molecule has 1 aromatic carbocycles. The molecule has 7 heteroatoms. The summed E-state index contributed by atoms with van der Waals surface area (Å²) in [6.45, 7) is 1.83. The zero-order valence-corrected chi connectivity index (χ0v) is 13.9. The van der Waals surface area contributed by atoms with Gasteiger partial charge in [0.25, 0.3) is 0 Å². The fraction of sp³-hybridized carbons (Fsp3) is 0.294. The van der Waals surface area contributed by atoms with Crippen LogP contribution in [0.25, 0.3) is 0 Å². The zero-order chi connectivity index (χ0) is 17.6. The van der Waals surface area contributed by atoms with Crippen LogP contribution in [-0.4, -0.2) is 26.2 Å². The number of benzene rings is 1. The summed E-state index contributed by atoms with van der Waals surface area (Å²) in [5, 5.41) is 8.05. The summed E-state index contributed by atoms with van der Waals surface area (Å²) in [5.74, 6) is -1.27. The van der Waals surface area contributed by atoms with Crippen LogP contribution < -0.4 is 0 Å². The fourth-order valence-corrected chi connectivity index (χ4v) is 4.02. The Bertz CT molecular complexity index is 806. The Morgan fingerprint density at radius 3 is 2.50 bits per heavy atom. The van der Waals surface area contributed by atoms with Gasteiger partial charge in [-0.25, -0.2) is 8.42 Å². The maximum atomic E-state index is 12.8. The molecule has 0 bridgehead atoms. The van der Waals surface area contributed by atoms with Crippen LogP contribution in [-0.2, 0) is 19.4 Å². The molecule has 0 aliphatic carbocycles. The van der Waals surface area contributed by atoms with Crippen molar-refractivity contribution in [2.45, 2.75) is 29.4 Å². The quantitative estimate of drug-likeness (QED) is 0.714. The minimum Gasteiger partial charge on any atom is -0.469 e. The van der Waals surface area contributed by atoms with Crippen LogP contribution in [0.4, 0.5) is 0 Å². The second-order valence-electron chi connectivity index (χ2n) is 5.04. The second kappa shape index (κ2) is 7.79. The van der Waals surface area contributed by atoms with E-state index < -0.39 is 27.0 Å². The van der Waals surface area contributed by atoms with Gasteiger partial charge in [-0.2, -0.15) is 5.26 Å². The molecule has 24 heavy (non-hydrogen) atoms. The van der Waals surface area contributed by atoms with Crippen molar-refractivity contribution < 1.29 is 22.4 Å². The van der Waals surface area contributed by atoms with Gasteiger partial charge >= 0.3 is 5.97 Å². The Labute approximate surface area is 140 Å². The summed E-state index contributed by atoms with van der Waals surface area (Å²) in [6, 6.07) is 12.6. The van der Waals surface area contributed by atoms with E-state index in [4.69, 9.17) is 9.15 Å². The van der Waals surface area contributed by atoms with E-state index in [2.05, 4.69) is 0 Å². The van der Waals surface area contributed by atoms with Crippen molar-refractivity contribution in [3.05, 3.63) is 54.5 Å². The monoisotopic (exact) mass is 347 g/mol. The van der Waals surface area contributed by atoms with Crippen molar-refractivity contribution in [3.63, 3.8) is 0 Å². The average Bonchev–Trinajstić information content (AvgIpc) is 3.10. The number of nitriles is 1. The van der Waals surface area contributed by atoms with Gasteiger partial charge in [-0.05, 0) is 31.2 Å². The molecule has 0 saturated carbocycles. The van der Waals surface area contributed by atoms with Gasteiger partial charge in [-0.3, -0.25) is 4.79 Å². The Morgan fingerprint density at radius 2 is 1.96 bits per heavy atom. The summed E-state index contributed by atoms with van der Waals surface area (Å²) >= 11 is 0. The number of ether oxygens (including phenoxy) is 1. The van der Waals surface area contributed by atoms with Gasteiger partial charge in [0.05, 0.1) is 36.2 Å². The van der Waals surface area contributed by atoms with Gasteiger partial charge in [-0.1, -0.05) is 18.2 Å². The molecular weight excluding hydrogens is 330 g/mol. The molecule has 0 fully saturated rings. The molecule has 0 saturated heterocycles. The zero-order valence-electron chi connectivity index (χ0n) is 13.1. The van der Waals surface area contributed by atoms with Gasteiger partial charge < -0.3 is 9.15 Å². The SMILES string of the molecule is CCOC(=O)C[C@@H](c1ccco1)[C@H](C#N)S(=O)(=O)c1ccccc1. The van der Waals surface area contributed by atoms with Gasteiger partial charge in [0, 0.05) is 0 Å². The number of carbonyl (C=O) groups is 1. The molecule has 2 aromatic rings. The predicted octanol–water partition coefficient (Wildman–Crippen LogP) is 2.68. The largest absolute Gasteiger partial charge is 0.469 e. The first-order valence-electron chi connectivity index (χ1n) is 7.38. The van der Waals surface area contributed by atoms with Gasteiger partial charge in [0.2, 0.25) is 0 Å². The number of sulfone groups is 1. The highest BCUT2D eigenvalue weighted by Crippen LogP contribution is 2.32. The molecule has 0 unspecified atom stereocenters. The lowest BCUT2D eigenvalue weighted by Gasteiger charge is -2.19. The van der Waals surface area contributed by atoms with Crippen molar-refractivity contribution in [1.82, 2.24) is 0 Å². The van der Waals surface area contributed by atoms with Crippen molar-refractivity contribution in [2.75, 3.05) is 6.61 Å². The van der Waals surface area contributed by atoms with Crippen LogP contribution in [0.15, 0.2) is 58.0 Å². The number of hydrogen-bond acceptors (Lipinski definition) is 6. The van der Waals surface area contributed by atoms with E-state index in [-0.39, 0.29) is 23.7 Å². The molecular formula is C17H17NO5S. The molecule has 0 aliphatic rings. The lowest BCUT2D eigenvalue weighted by Crippen LogP contribution is -2.29. The first kappa shape index (κ1) is 17.8. The molecule has 0 spiro atoms. The highest BCUT2D eigenvalue weighted by molar-refractivity contribution is 7.92. The van der Waals surface area contributed by atoms with Crippen LogP contribution in [0.1, 0.15) is 25.0 Å². The number of furan rings is 1. The van der Waals surface area contributed by atoms with Crippen LogP contribution in [0.3, 0.4) is 0 Å². The van der Waals surface area contributed by atoms with Crippen LogP contribution in [0.2, 0.25) is 0 Å².